The van der Waals surface area contributed by atoms with E-state index in [4.69, 9.17) is 4.74 Å². The van der Waals surface area contributed by atoms with E-state index in [2.05, 4.69) is 15.8 Å². The van der Waals surface area contributed by atoms with Gasteiger partial charge >= 0.3 is 0 Å². The summed E-state index contributed by atoms with van der Waals surface area (Å²) >= 11 is 0. The van der Waals surface area contributed by atoms with Gasteiger partial charge in [-0.1, -0.05) is 24.3 Å². The van der Waals surface area contributed by atoms with Crippen LogP contribution in [0, 0.1) is 6.92 Å². The predicted octanol–water partition coefficient (Wildman–Crippen LogP) is 2.57. The number of methoxy groups -OCH3 is 1. The molecule has 0 aliphatic rings. The van der Waals surface area contributed by atoms with Crippen LogP contribution in [0.3, 0.4) is 0 Å². The molecule has 0 radical (unpaired) electrons. The Hall–Kier alpha value is -2.82. The number of para-hydroxylation sites is 1. The highest BCUT2D eigenvalue weighted by Crippen LogP contribution is 2.14. The molecule has 0 fully saturated rings. The van der Waals surface area contributed by atoms with Gasteiger partial charge in [0.05, 0.1) is 19.9 Å². The van der Waals surface area contributed by atoms with Crippen molar-refractivity contribution in [1.29, 1.82) is 0 Å². The lowest BCUT2D eigenvalue weighted by molar-refractivity contribution is -0.119. The van der Waals surface area contributed by atoms with Crippen molar-refractivity contribution >= 4 is 17.8 Å². The average Bonchev–Trinajstić information content (AvgIpc) is 2.53. The number of carbonyl (C=O) groups excluding carboxylic acids is 1. The highest BCUT2D eigenvalue weighted by Gasteiger charge is 2.01. The average molecular weight is 297 g/mol. The quantitative estimate of drug-likeness (QED) is 0.636. The summed E-state index contributed by atoms with van der Waals surface area (Å²) in [4.78, 5) is 11.7. The molecule has 0 unspecified atom stereocenters. The third-order valence-electron chi connectivity index (χ3n) is 3.00. The van der Waals surface area contributed by atoms with Crippen LogP contribution in [0.15, 0.2) is 53.6 Å². The SMILES string of the molecule is COc1ccccc1/C=N\NC(=O)CNc1cccc(C)c1. The van der Waals surface area contributed by atoms with E-state index in [1.54, 1.807) is 13.3 Å². The minimum Gasteiger partial charge on any atom is -0.496 e. The van der Waals surface area contributed by atoms with Gasteiger partial charge in [0.25, 0.3) is 5.91 Å². The first-order chi connectivity index (χ1) is 10.7. The Balaban J connectivity index is 1.83. The Morgan fingerprint density at radius 3 is 2.82 bits per heavy atom. The van der Waals surface area contributed by atoms with Gasteiger partial charge in [-0.25, -0.2) is 5.43 Å². The van der Waals surface area contributed by atoms with Gasteiger partial charge in [-0.05, 0) is 36.8 Å². The third-order valence-corrected chi connectivity index (χ3v) is 3.00. The highest BCUT2D eigenvalue weighted by molar-refractivity contribution is 5.86. The molecule has 0 atom stereocenters. The number of nitrogens with one attached hydrogen (secondary N) is 2. The molecular weight excluding hydrogens is 278 g/mol. The first-order valence-electron chi connectivity index (χ1n) is 6.94. The fourth-order valence-electron chi connectivity index (χ4n) is 1.92. The van der Waals surface area contributed by atoms with E-state index in [1.807, 2.05) is 55.5 Å². The number of anilines is 1. The van der Waals surface area contributed by atoms with E-state index >= 15 is 0 Å². The molecule has 1 amide bonds. The Morgan fingerprint density at radius 1 is 1.23 bits per heavy atom. The molecule has 2 aromatic rings. The number of benzene rings is 2. The molecule has 0 saturated heterocycles. The van der Waals surface area contributed by atoms with E-state index in [0.717, 1.165) is 16.8 Å². The molecule has 2 rings (SSSR count). The van der Waals surface area contributed by atoms with E-state index < -0.39 is 0 Å². The van der Waals surface area contributed by atoms with Gasteiger partial charge in [-0.3, -0.25) is 4.79 Å². The van der Waals surface area contributed by atoms with Crippen molar-refractivity contribution in [2.75, 3.05) is 19.0 Å². The lowest BCUT2D eigenvalue weighted by atomic mass is 10.2. The van der Waals surface area contributed by atoms with Gasteiger partial charge in [0, 0.05) is 11.3 Å². The summed E-state index contributed by atoms with van der Waals surface area (Å²) in [7, 11) is 1.59. The van der Waals surface area contributed by atoms with E-state index in [0.29, 0.717) is 5.75 Å². The highest BCUT2D eigenvalue weighted by atomic mass is 16.5. The number of hydrogen-bond acceptors (Lipinski definition) is 4. The zero-order valence-electron chi connectivity index (χ0n) is 12.7. The molecule has 5 heteroatoms. The van der Waals surface area contributed by atoms with Gasteiger partial charge in [0.15, 0.2) is 0 Å². The largest absolute Gasteiger partial charge is 0.496 e. The van der Waals surface area contributed by atoms with Crippen molar-refractivity contribution in [2.45, 2.75) is 6.92 Å². The summed E-state index contributed by atoms with van der Waals surface area (Å²) < 4.78 is 5.20. The summed E-state index contributed by atoms with van der Waals surface area (Å²) in [5.74, 6) is 0.492. The van der Waals surface area contributed by atoms with Gasteiger partial charge in [-0.2, -0.15) is 5.10 Å². The van der Waals surface area contributed by atoms with E-state index in [-0.39, 0.29) is 12.5 Å². The van der Waals surface area contributed by atoms with Crippen LogP contribution < -0.4 is 15.5 Å². The molecule has 0 spiro atoms. The lowest BCUT2D eigenvalue weighted by Crippen LogP contribution is -2.25. The first kappa shape index (κ1) is 15.6. The summed E-state index contributed by atoms with van der Waals surface area (Å²) in [6, 6.07) is 15.3. The van der Waals surface area contributed by atoms with Gasteiger partial charge in [0.2, 0.25) is 0 Å². The maximum atomic E-state index is 11.7. The standard InChI is InChI=1S/C17H19N3O2/c1-13-6-5-8-15(10-13)18-12-17(21)20-19-11-14-7-3-4-9-16(14)22-2/h3-11,18H,12H2,1-2H3,(H,20,21)/b19-11-. The molecule has 0 saturated carbocycles. The number of hydrazone groups is 1. The number of nitrogens with zero attached hydrogens (tertiary/aromatic N) is 1. The summed E-state index contributed by atoms with van der Waals surface area (Å²) in [5, 5.41) is 6.98. The Kier molecular flexibility index (Phi) is 5.54. The number of ether oxygens (including phenoxy) is 1. The molecule has 2 aromatic carbocycles. The van der Waals surface area contributed by atoms with E-state index in [1.165, 1.54) is 0 Å². The van der Waals surface area contributed by atoms with Crippen molar-refractivity contribution in [1.82, 2.24) is 5.43 Å². The normalized spacial score (nSPS) is 10.5. The smallest absolute Gasteiger partial charge is 0.259 e. The lowest BCUT2D eigenvalue weighted by Gasteiger charge is -2.06. The Morgan fingerprint density at radius 2 is 2.05 bits per heavy atom. The van der Waals surface area contributed by atoms with Crippen LogP contribution >= 0.6 is 0 Å². The Bertz CT molecular complexity index is 668. The van der Waals surface area contributed by atoms with Gasteiger partial charge in [-0.15, -0.1) is 0 Å². The molecular formula is C17H19N3O2. The van der Waals surface area contributed by atoms with Crippen LogP contribution in [-0.2, 0) is 4.79 Å². The molecule has 114 valence electrons. The number of amides is 1. The second-order valence-electron chi connectivity index (χ2n) is 4.76. The van der Waals surface area contributed by atoms with Crippen LogP contribution in [0.5, 0.6) is 5.75 Å². The third kappa shape index (κ3) is 4.63. The number of rotatable bonds is 6. The molecule has 5 nitrogen and oxygen atoms in total. The molecule has 0 aromatic heterocycles. The van der Waals surface area contributed by atoms with Crippen molar-refractivity contribution in [2.24, 2.45) is 5.10 Å². The number of carbonyl (C=O) groups is 1. The topological polar surface area (TPSA) is 62.7 Å². The van der Waals surface area contributed by atoms with Crippen molar-refractivity contribution in [3.05, 3.63) is 59.7 Å². The second-order valence-corrected chi connectivity index (χ2v) is 4.76. The fourth-order valence-corrected chi connectivity index (χ4v) is 1.92. The van der Waals surface area contributed by atoms with Crippen LogP contribution in [0.4, 0.5) is 5.69 Å². The van der Waals surface area contributed by atoms with Crippen LogP contribution in [0.2, 0.25) is 0 Å². The zero-order valence-corrected chi connectivity index (χ0v) is 12.7. The maximum Gasteiger partial charge on any atom is 0.259 e. The van der Waals surface area contributed by atoms with E-state index in [9.17, 15) is 4.79 Å². The van der Waals surface area contributed by atoms with Crippen LogP contribution in [-0.4, -0.2) is 25.8 Å². The zero-order chi connectivity index (χ0) is 15.8. The minimum atomic E-state index is -0.215. The molecule has 0 aliphatic heterocycles. The van der Waals surface area contributed by atoms with Crippen molar-refractivity contribution in [3.63, 3.8) is 0 Å². The number of hydrogen-bond donors (Lipinski definition) is 2. The summed E-state index contributed by atoms with van der Waals surface area (Å²) in [6.07, 6.45) is 1.56. The molecule has 22 heavy (non-hydrogen) atoms. The van der Waals surface area contributed by atoms with Crippen LogP contribution in [0.25, 0.3) is 0 Å². The summed E-state index contributed by atoms with van der Waals surface area (Å²) in [6.45, 7) is 2.16. The predicted molar refractivity (Wildman–Crippen MR) is 88.4 cm³/mol. The van der Waals surface area contributed by atoms with Crippen LogP contribution in [0.1, 0.15) is 11.1 Å². The van der Waals surface area contributed by atoms with Crippen molar-refractivity contribution < 1.29 is 9.53 Å². The minimum absolute atomic E-state index is 0.159. The maximum absolute atomic E-state index is 11.7. The second kappa shape index (κ2) is 7.83. The first-order valence-corrected chi connectivity index (χ1v) is 6.94. The molecule has 2 N–H and O–H groups in total. The van der Waals surface area contributed by atoms with Gasteiger partial charge < -0.3 is 10.1 Å². The van der Waals surface area contributed by atoms with Crippen molar-refractivity contribution in [3.8, 4) is 5.75 Å². The molecule has 0 bridgehead atoms. The Labute approximate surface area is 130 Å². The summed E-state index contributed by atoms with van der Waals surface area (Å²) in [5.41, 5.74) is 5.33. The van der Waals surface area contributed by atoms with Gasteiger partial charge in [0.1, 0.15) is 5.75 Å². The molecule has 0 heterocycles. The fraction of sp³-hybridized carbons (Fsp3) is 0.176. The number of aryl methyl sites for hydroxylation is 1. The molecule has 0 aliphatic carbocycles. The monoisotopic (exact) mass is 297 g/mol.